The van der Waals surface area contributed by atoms with Gasteiger partial charge >= 0.3 is 0 Å². The van der Waals surface area contributed by atoms with Crippen molar-refractivity contribution in [1.29, 1.82) is 0 Å². The molecule has 1 aliphatic heterocycles. The van der Waals surface area contributed by atoms with Crippen LogP contribution in [-0.2, 0) is 0 Å². The van der Waals surface area contributed by atoms with Crippen LogP contribution in [0, 0.1) is 0 Å². The lowest BCUT2D eigenvalue weighted by atomic mass is 10.0. The molecule has 2 N–H and O–H groups in total. The van der Waals surface area contributed by atoms with Crippen molar-refractivity contribution in [1.82, 2.24) is 4.90 Å². The van der Waals surface area contributed by atoms with Gasteiger partial charge in [0, 0.05) is 10.8 Å². The Hall–Kier alpha value is -0.380. The number of rotatable bonds is 3. The van der Waals surface area contributed by atoms with Crippen LogP contribution in [0.25, 0.3) is 0 Å². The molecule has 0 bridgehead atoms. The van der Waals surface area contributed by atoms with Crippen molar-refractivity contribution < 1.29 is 0 Å². The molecule has 1 heterocycles. The van der Waals surface area contributed by atoms with Crippen LogP contribution < -0.4 is 5.73 Å². The summed E-state index contributed by atoms with van der Waals surface area (Å²) in [6.07, 6.45) is 13.1. The molecule has 2 saturated carbocycles. The molecule has 18 heavy (non-hydrogen) atoms. The highest BCUT2D eigenvalue weighted by molar-refractivity contribution is 8.00. The lowest BCUT2D eigenvalue weighted by Crippen LogP contribution is -2.52. The van der Waals surface area contributed by atoms with Gasteiger partial charge in [-0.25, -0.2) is 0 Å². The number of thioether (sulfide) groups is 1. The maximum atomic E-state index is 6.20. The Labute approximate surface area is 115 Å². The normalized spacial score (nSPS) is 32.2. The predicted molar refractivity (Wildman–Crippen MR) is 79.1 cm³/mol. The Morgan fingerprint density at radius 2 is 1.89 bits per heavy atom. The molecule has 0 aromatic carbocycles. The maximum Gasteiger partial charge on any atom is 0.191 e. The van der Waals surface area contributed by atoms with Gasteiger partial charge in [0.1, 0.15) is 0 Å². The molecule has 2 aliphatic carbocycles. The third kappa shape index (κ3) is 2.13. The fourth-order valence-corrected chi connectivity index (χ4v) is 4.67. The van der Waals surface area contributed by atoms with Crippen molar-refractivity contribution in [2.45, 2.75) is 68.2 Å². The average Bonchev–Trinajstić information content (AvgIpc) is 3.14. The third-order valence-corrected chi connectivity index (χ3v) is 6.49. The quantitative estimate of drug-likeness (QED) is 0.799. The summed E-state index contributed by atoms with van der Waals surface area (Å²) in [5.41, 5.74) is 6.20. The van der Waals surface area contributed by atoms with E-state index < -0.39 is 0 Å². The zero-order chi connectivity index (χ0) is 12.6. The first-order chi connectivity index (χ1) is 8.77. The smallest absolute Gasteiger partial charge is 0.191 e. The van der Waals surface area contributed by atoms with Crippen molar-refractivity contribution >= 4 is 17.7 Å². The minimum Gasteiger partial charge on any atom is -0.370 e. The highest BCUT2D eigenvalue weighted by atomic mass is 32.2. The van der Waals surface area contributed by atoms with Gasteiger partial charge in [0.15, 0.2) is 5.96 Å². The fourth-order valence-electron chi connectivity index (χ4n) is 3.70. The summed E-state index contributed by atoms with van der Waals surface area (Å²) in [5.74, 6) is 0.826. The molecule has 1 unspecified atom stereocenters. The molecule has 3 nitrogen and oxygen atoms in total. The number of hydrogen-bond acceptors (Lipinski definition) is 4. The number of nitrogens with zero attached hydrogens (tertiary/aromatic N) is 2. The molecule has 1 atom stereocenters. The van der Waals surface area contributed by atoms with Gasteiger partial charge in [-0.05, 0) is 31.9 Å². The monoisotopic (exact) mass is 267 g/mol. The van der Waals surface area contributed by atoms with E-state index in [1.54, 1.807) is 0 Å². The largest absolute Gasteiger partial charge is 0.370 e. The predicted octanol–water partition coefficient (Wildman–Crippen LogP) is 2.60. The van der Waals surface area contributed by atoms with E-state index in [2.05, 4.69) is 16.1 Å². The Bertz CT molecular complexity index is 330. The van der Waals surface area contributed by atoms with Crippen molar-refractivity contribution in [2.24, 2.45) is 10.7 Å². The summed E-state index contributed by atoms with van der Waals surface area (Å²) in [6, 6.07) is 1.24. The van der Waals surface area contributed by atoms with Gasteiger partial charge in [0.25, 0.3) is 0 Å². The van der Waals surface area contributed by atoms with Gasteiger partial charge in [-0.3, -0.25) is 4.99 Å². The second-order valence-corrected chi connectivity index (χ2v) is 7.26. The molecule has 0 spiro atoms. The van der Waals surface area contributed by atoms with Crippen LogP contribution in [-0.4, -0.2) is 40.5 Å². The molecule has 0 amide bonds. The van der Waals surface area contributed by atoms with Crippen LogP contribution in [0.2, 0.25) is 0 Å². The number of aliphatic imine (C=N–C) groups is 1. The van der Waals surface area contributed by atoms with E-state index in [1.807, 2.05) is 11.8 Å². The first-order valence-corrected chi connectivity index (χ1v) is 8.63. The van der Waals surface area contributed by atoms with Crippen LogP contribution in [0.5, 0.6) is 0 Å². The van der Waals surface area contributed by atoms with E-state index in [4.69, 9.17) is 5.73 Å². The summed E-state index contributed by atoms with van der Waals surface area (Å²) < 4.78 is 0.469. The van der Waals surface area contributed by atoms with Crippen molar-refractivity contribution in [3.8, 4) is 0 Å². The lowest BCUT2D eigenvalue weighted by molar-refractivity contribution is 0.226. The van der Waals surface area contributed by atoms with Crippen molar-refractivity contribution in [3.63, 3.8) is 0 Å². The summed E-state index contributed by atoms with van der Waals surface area (Å²) in [4.78, 5) is 7.07. The van der Waals surface area contributed by atoms with E-state index in [-0.39, 0.29) is 0 Å². The molecule has 2 fully saturated rings. The Morgan fingerprint density at radius 1 is 1.22 bits per heavy atom. The first-order valence-electron chi connectivity index (χ1n) is 7.40. The van der Waals surface area contributed by atoms with Crippen LogP contribution in [0.3, 0.4) is 0 Å². The molecule has 0 aromatic rings. The zero-order valence-electron chi connectivity index (χ0n) is 11.4. The van der Waals surface area contributed by atoms with Gasteiger partial charge in [-0.15, -0.1) is 0 Å². The summed E-state index contributed by atoms with van der Waals surface area (Å²) >= 11 is 2.04. The minimum absolute atomic E-state index is 0.469. The van der Waals surface area contributed by atoms with Crippen molar-refractivity contribution in [2.75, 3.05) is 12.8 Å². The molecule has 0 aromatic heterocycles. The molecule has 3 rings (SSSR count). The number of nitrogens with two attached hydrogens (primary N) is 1. The van der Waals surface area contributed by atoms with E-state index >= 15 is 0 Å². The average molecular weight is 267 g/mol. The van der Waals surface area contributed by atoms with Crippen LogP contribution >= 0.6 is 11.8 Å². The Morgan fingerprint density at radius 3 is 2.44 bits per heavy atom. The van der Waals surface area contributed by atoms with E-state index in [1.165, 1.54) is 51.4 Å². The van der Waals surface area contributed by atoms with E-state index in [9.17, 15) is 0 Å². The van der Waals surface area contributed by atoms with Gasteiger partial charge in [-0.1, -0.05) is 25.7 Å². The number of hydrogen-bond donors (Lipinski definition) is 1. The van der Waals surface area contributed by atoms with E-state index in [0.29, 0.717) is 16.8 Å². The van der Waals surface area contributed by atoms with E-state index in [0.717, 1.165) is 12.5 Å². The minimum atomic E-state index is 0.469. The summed E-state index contributed by atoms with van der Waals surface area (Å²) in [7, 11) is 0. The van der Waals surface area contributed by atoms with Gasteiger partial charge in [0.2, 0.25) is 0 Å². The highest BCUT2D eigenvalue weighted by Crippen LogP contribution is 2.53. The van der Waals surface area contributed by atoms with Gasteiger partial charge < -0.3 is 10.6 Å². The molecule has 4 heteroatoms. The standard InChI is InChI=1S/C14H25N3S/c1-18-14(8-9-14)12-10-16-13(15)17(12)11-6-4-2-3-5-7-11/h11-12H,2-10H2,1H3,(H2,15,16). The maximum absolute atomic E-state index is 6.20. The van der Waals surface area contributed by atoms with Crippen molar-refractivity contribution in [3.05, 3.63) is 0 Å². The fraction of sp³-hybridized carbons (Fsp3) is 0.929. The molecule has 102 valence electrons. The topological polar surface area (TPSA) is 41.6 Å². The molecular weight excluding hydrogens is 242 g/mol. The molecule has 0 saturated heterocycles. The second-order valence-electron chi connectivity index (χ2n) is 6.04. The summed E-state index contributed by atoms with van der Waals surface area (Å²) in [6.45, 7) is 0.934. The number of guanidine groups is 1. The molecular formula is C14H25N3S. The summed E-state index contributed by atoms with van der Waals surface area (Å²) in [5, 5.41) is 0. The highest BCUT2D eigenvalue weighted by Gasteiger charge is 2.54. The Balaban J connectivity index is 1.76. The van der Waals surface area contributed by atoms with Gasteiger partial charge in [0.05, 0.1) is 12.6 Å². The van der Waals surface area contributed by atoms with Crippen LogP contribution in [0.4, 0.5) is 0 Å². The van der Waals surface area contributed by atoms with Crippen LogP contribution in [0.15, 0.2) is 4.99 Å². The third-order valence-electron chi connectivity index (χ3n) is 5.00. The molecule has 0 radical (unpaired) electrons. The lowest BCUT2D eigenvalue weighted by Gasteiger charge is -2.38. The zero-order valence-corrected chi connectivity index (χ0v) is 12.2. The van der Waals surface area contributed by atoms with Crippen LogP contribution in [0.1, 0.15) is 51.4 Å². The second kappa shape index (κ2) is 4.95. The first kappa shape index (κ1) is 12.6. The Kier molecular flexibility index (Phi) is 3.48. The SMILES string of the molecule is CSC1(C2CN=C(N)N2C2CCCCCC2)CC1. The van der Waals surface area contributed by atoms with Gasteiger partial charge in [-0.2, -0.15) is 11.8 Å². The molecule has 3 aliphatic rings.